The van der Waals surface area contributed by atoms with Crippen molar-refractivity contribution in [2.24, 2.45) is 7.05 Å². The number of hydrogen-bond donors (Lipinski definition) is 0. The lowest BCUT2D eigenvalue weighted by molar-refractivity contribution is 0.415. The van der Waals surface area contributed by atoms with Crippen molar-refractivity contribution in [1.29, 1.82) is 5.26 Å². The van der Waals surface area contributed by atoms with E-state index in [0.717, 1.165) is 0 Å². The van der Waals surface area contributed by atoms with E-state index in [1.807, 2.05) is 6.07 Å². The summed E-state index contributed by atoms with van der Waals surface area (Å²) in [4.78, 5) is 15.4. The smallest absolute Gasteiger partial charge is 0.347 e. The van der Waals surface area contributed by atoms with Gasteiger partial charge < -0.3 is 9.30 Å². The molecule has 0 atom stereocenters. The molecule has 0 saturated carbocycles. The van der Waals surface area contributed by atoms with Gasteiger partial charge in [-0.3, -0.25) is 0 Å². The van der Waals surface area contributed by atoms with Gasteiger partial charge in [0.05, 0.1) is 18.4 Å². The third-order valence-corrected chi connectivity index (χ3v) is 2.57. The van der Waals surface area contributed by atoms with E-state index in [2.05, 4.69) is 4.98 Å². The van der Waals surface area contributed by atoms with E-state index in [4.69, 9.17) is 10.00 Å². The molecule has 0 unspecified atom stereocenters. The molecule has 0 radical (unpaired) electrons. The summed E-state index contributed by atoms with van der Waals surface area (Å²) in [6.45, 7) is 0. The Morgan fingerprint density at radius 2 is 2.00 bits per heavy atom. The highest BCUT2D eigenvalue weighted by Gasteiger charge is 2.09. The van der Waals surface area contributed by atoms with Crippen LogP contribution >= 0.6 is 0 Å². The van der Waals surface area contributed by atoms with Crippen LogP contribution in [0.2, 0.25) is 0 Å². The second-order valence-electron chi connectivity index (χ2n) is 3.74. The van der Waals surface area contributed by atoms with Crippen molar-refractivity contribution in [1.82, 2.24) is 9.55 Å². The zero-order chi connectivity index (χ0) is 13.1. The Hall–Kier alpha value is -2.61. The maximum atomic E-state index is 11.5. The van der Waals surface area contributed by atoms with Crippen molar-refractivity contribution in [3.05, 3.63) is 46.5 Å². The summed E-state index contributed by atoms with van der Waals surface area (Å²) in [5.74, 6) is 0.709. The predicted octanol–water partition coefficient (Wildman–Crippen LogP) is 1.33. The largest absolute Gasteiger partial charge is 0.497 e. The predicted molar refractivity (Wildman–Crippen MR) is 66.2 cm³/mol. The van der Waals surface area contributed by atoms with Crippen molar-refractivity contribution in [3.8, 4) is 23.1 Å². The molecule has 1 aromatic heterocycles. The minimum absolute atomic E-state index is 0.363. The number of benzene rings is 1. The number of aryl methyl sites for hydroxylation is 1. The lowest BCUT2D eigenvalue weighted by atomic mass is 10.1. The van der Waals surface area contributed by atoms with E-state index >= 15 is 0 Å². The van der Waals surface area contributed by atoms with E-state index in [1.165, 1.54) is 10.8 Å². The Morgan fingerprint density at radius 1 is 1.33 bits per heavy atom. The molecule has 1 aromatic carbocycles. The molecule has 18 heavy (non-hydrogen) atoms. The molecule has 0 N–H and O–H groups in total. The molecular formula is C13H11N3O2. The number of nitriles is 1. The average molecular weight is 241 g/mol. The summed E-state index contributed by atoms with van der Waals surface area (Å²) < 4.78 is 6.34. The molecule has 2 aromatic rings. The fourth-order valence-corrected chi connectivity index (χ4v) is 1.60. The first kappa shape index (κ1) is 11.9. The van der Waals surface area contributed by atoms with Crippen LogP contribution in [0.3, 0.4) is 0 Å². The summed E-state index contributed by atoms with van der Waals surface area (Å²) in [7, 11) is 3.14. The molecule has 5 nitrogen and oxygen atoms in total. The SMILES string of the molecule is COc1ccc(-c2nc(=O)n(C)cc2C#N)cc1. The van der Waals surface area contributed by atoms with Gasteiger partial charge in [0.25, 0.3) is 0 Å². The van der Waals surface area contributed by atoms with Gasteiger partial charge in [0.2, 0.25) is 0 Å². The fraction of sp³-hybridized carbons (Fsp3) is 0.154. The van der Waals surface area contributed by atoms with E-state index in [9.17, 15) is 4.79 Å². The Morgan fingerprint density at radius 3 is 2.56 bits per heavy atom. The highest BCUT2D eigenvalue weighted by atomic mass is 16.5. The fourth-order valence-electron chi connectivity index (χ4n) is 1.60. The lowest BCUT2D eigenvalue weighted by Crippen LogP contribution is -2.20. The van der Waals surface area contributed by atoms with Crippen LogP contribution in [-0.2, 0) is 7.05 Å². The van der Waals surface area contributed by atoms with Crippen molar-refractivity contribution >= 4 is 0 Å². The summed E-state index contributed by atoms with van der Waals surface area (Å²) in [6, 6.07) is 9.09. The highest BCUT2D eigenvalue weighted by Crippen LogP contribution is 2.22. The van der Waals surface area contributed by atoms with Crippen LogP contribution < -0.4 is 10.4 Å². The van der Waals surface area contributed by atoms with Crippen LogP contribution in [0.1, 0.15) is 5.56 Å². The van der Waals surface area contributed by atoms with Crippen molar-refractivity contribution in [3.63, 3.8) is 0 Å². The third-order valence-electron chi connectivity index (χ3n) is 2.57. The summed E-state index contributed by atoms with van der Waals surface area (Å²) >= 11 is 0. The number of rotatable bonds is 2. The van der Waals surface area contributed by atoms with Gasteiger partial charge in [-0.15, -0.1) is 0 Å². The standard InChI is InChI=1S/C13H11N3O2/c1-16-8-10(7-14)12(15-13(16)17)9-3-5-11(18-2)6-4-9/h3-6,8H,1-2H3. The first-order valence-corrected chi connectivity index (χ1v) is 5.28. The monoisotopic (exact) mass is 241 g/mol. The van der Waals surface area contributed by atoms with Crippen LogP contribution in [-0.4, -0.2) is 16.7 Å². The van der Waals surface area contributed by atoms with Crippen molar-refractivity contribution in [2.75, 3.05) is 7.11 Å². The molecule has 0 bridgehead atoms. The van der Waals surface area contributed by atoms with Gasteiger partial charge in [-0.05, 0) is 24.3 Å². The Kier molecular flexibility index (Phi) is 3.11. The minimum Gasteiger partial charge on any atom is -0.497 e. The summed E-state index contributed by atoms with van der Waals surface area (Å²) in [6.07, 6.45) is 1.48. The van der Waals surface area contributed by atoms with Gasteiger partial charge in [0.1, 0.15) is 11.8 Å². The van der Waals surface area contributed by atoms with E-state index in [0.29, 0.717) is 22.6 Å². The highest BCUT2D eigenvalue weighted by molar-refractivity contribution is 5.66. The first-order valence-electron chi connectivity index (χ1n) is 5.28. The van der Waals surface area contributed by atoms with E-state index in [1.54, 1.807) is 38.4 Å². The van der Waals surface area contributed by atoms with Crippen LogP contribution in [0, 0.1) is 11.3 Å². The molecular weight excluding hydrogens is 230 g/mol. The summed E-state index contributed by atoms with van der Waals surface area (Å²) in [5.41, 5.74) is 1.08. The van der Waals surface area contributed by atoms with Gasteiger partial charge >= 0.3 is 5.69 Å². The van der Waals surface area contributed by atoms with Crippen LogP contribution in [0.15, 0.2) is 35.3 Å². The van der Waals surface area contributed by atoms with E-state index < -0.39 is 0 Å². The minimum atomic E-state index is -0.389. The van der Waals surface area contributed by atoms with Gasteiger partial charge in [0, 0.05) is 18.8 Å². The number of nitrogens with zero attached hydrogens (tertiary/aromatic N) is 3. The third kappa shape index (κ3) is 2.09. The first-order chi connectivity index (χ1) is 8.65. The lowest BCUT2D eigenvalue weighted by Gasteiger charge is -2.05. The normalized spacial score (nSPS) is 9.83. The number of hydrogen-bond acceptors (Lipinski definition) is 4. The molecule has 1 heterocycles. The zero-order valence-corrected chi connectivity index (χ0v) is 10.0. The van der Waals surface area contributed by atoms with E-state index in [-0.39, 0.29) is 5.69 Å². The average Bonchev–Trinajstić information content (AvgIpc) is 2.41. The summed E-state index contributed by atoms with van der Waals surface area (Å²) in [5, 5.41) is 9.07. The number of ether oxygens (including phenoxy) is 1. The topological polar surface area (TPSA) is 67.9 Å². The number of methoxy groups -OCH3 is 1. The Labute approximate surface area is 104 Å². The molecule has 0 aliphatic heterocycles. The van der Waals surface area contributed by atoms with Gasteiger partial charge in [-0.25, -0.2) is 4.79 Å². The molecule has 0 aliphatic carbocycles. The molecule has 0 spiro atoms. The quantitative estimate of drug-likeness (QED) is 0.795. The van der Waals surface area contributed by atoms with Crippen molar-refractivity contribution in [2.45, 2.75) is 0 Å². The molecule has 90 valence electrons. The molecule has 0 amide bonds. The second-order valence-corrected chi connectivity index (χ2v) is 3.74. The zero-order valence-electron chi connectivity index (χ0n) is 10.0. The Balaban J connectivity index is 2.59. The molecule has 2 rings (SSSR count). The maximum Gasteiger partial charge on any atom is 0.347 e. The van der Waals surface area contributed by atoms with Crippen molar-refractivity contribution < 1.29 is 4.74 Å². The second kappa shape index (κ2) is 4.72. The van der Waals surface area contributed by atoms with Gasteiger partial charge in [-0.2, -0.15) is 10.2 Å². The Bertz CT molecular complexity index is 666. The number of aromatic nitrogens is 2. The molecule has 0 saturated heterocycles. The van der Waals surface area contributed by atoms with Crippen LogP contribution in [0.5, 0.6) is 5.75 Å². The molecule has 0 fully saturated rings. The van der Waals surface area contributed by atoms with Crippen LogP contribution in [0.4, 0.5) is 0 Å². The van der Waals surface area contributed by atoms with Gasteiger partial charge in [-0.1, -0.05) is 0 Å². The maximum absolute atomic E-state index is 11.5. The molecule has 5 heteroatoms. The van der Waals surface area contributed by atoms with Gasteiger partial charge in [0.15, 0.2) is 0 Å². The molecule has 0 aliphatic rings. The van der Waals surface area contributed by atoms with Crippen LogP contribution in [0.25, 0.3) is 11.3 Å².